The summed E-state index contributed by atoms with van der Waals surface area (Å²) in [5.74, 6) is 1.41. The Bertz CT molecular complexity index is 866. The number of carbonyl (C=O) groups excluding carboxylic acids is 1. The van der Waals surface area contributed by atoms with E-state index in [4.69, 9.17) is 14.2 Å². The third-order valence-corrected chi connectivity index (χ3v) is 7.41. The average molecular weight is 495 g/mol. The van der Waals surface area contributed by atoms with Gasteiger partial charge in [0.1, 0.15) is 5.75 Å². The van der Waals surface area contributed by atoms with E-state index in [-0.39, 0.29) is 11.9 Å². The highest BCUT2D eigenvalue weighted by Crippen LogP contribution is 2.35. The molecule has 3 rings (SSSR count). The molecule has 1 unspecified atom stereocenters. The van der Waals surface area contributed by atoms with E-state index in [9.17, 15) is 4.79 Å². The lowest BCUT2D eigenvalue weighted by atomic mass is 9.82. The molecular weight excluding hydrogens is 448 g/mol. The Hall–Kier alpha value is -2.33. The Morgan fingerprint density at radius 2 is 1.42 bits per heavy atom. The van der Waals surface area contributed by atoms with Gasteiger partial charge in [-0.25, -0.2) is 0 Å². The van der Waals surface area contributed by atoms with Crippen LogP contribution in [0.25, 0.3) is 11.1 Å². The third-order valence-electron chi connectivity index (χ3n) is 7.41. The molecule has 0 N–H and O–H groups in total. The van der Waals surface area contributed by atoms with Crippen LogP contribution in [0.3, 0.4) is 0 Å². The zero-order valence-corrected chi connectivity index (χ0v) is 22.7. The van der Waals surface area contributed by atoms with Gasteiger partial charge >= 0.3 is 5.97 Å². The molecule has 0 bridgehead atoms. The van der Waals surface area contributed by atoms with E-state index < -0.39 is 0 Å². The molecule has 0 radical (unpaired) electrons. The molecule has 1 aliphatic carbocycles. The first-order valence-electron chi connectivity index (χ1n) is 14.2. The van der Waals surface area contributed by atoms with Crippen LogP contribution in [-0.2, 0) is 14.3 Å². The zero-order chi connectivity index (χ0) is 25.6. The summed E-state index contributed by atoms with van der Waals surface area (Å²) in [6.45, 7) is 8.16. The standard InChI is InChI=1S/C32H46O4/c1-4-6-7-22-34-30-18-14-28(15-19-30)26-10-12-27(13-11-26)29-16-20-31(21-17-29)35-23-8-9-24-36-32(33)25(3)5-2/h10-13,16-17,20-21,25,28,30H,4-9,14-15,18-19,22-24H2,1-3H3. The summed E-state index contributed by atoms with van der Waals surface area (Å²) in [6.07, 6.45) is 11.5. The molecule has 0 amide bonds. The zero-order valence-electron chi connectivity index (χ0n) is 22.7. The second-order valence-corrected chi connectivity index (χ2v) is 10.2. The molecule has 1 atom stereocenters. The van der Waals surface area contributed by atoms with Crippen LogP contribution >= 0.6 is 0 Å². The van der Waals surface area contributed by atoms with Crippen LogP contribution in [0.2, 0.25) is 0 Å². The van der Waals surface area contributed by atoms with Crippen LogP contribution in [0, 0.1) is 5.92 Å². The van der Waals surface area contributed by atoms with Gasteiger partial charge < -0.3 is 14.2 Å². The molecule has 0 saturated heterocycles. The molecule has 4 nitrogen and oxygen atoms in total. The molecule has 0 spiro atoms. The number of rotatable bonds is 15. The monoisotopic (exact) mass is 494 g/mol. The highest BCUT2D eigenvalue weighted by Gasteiger charge is 2.22. The van der Waals surface area contributed by atoms with Crippen molar-refractivity contribution in [3.63, 3.8) is 0 Å². The van der Waals surface area contributed by atoms with Gasteiger partial charge in [0.2, 0.25) is 0 Å². The first-order valence-corrected chi connectivity index (χ1v) is 14.2. The second-order valence-electron chi connectivity index (χ2n) is 10.2. The molecule has 4 heteroatoms. The lowest BCUT2D eigenvalue weighted by molar-refractivity contribution is -0.148. The molecule has 1 aliphatic rings. The van der Waals surface area contributed by atoms with Crippen molar-refractivity contribution < 1.29 is 19.0 Å². The van der Waals surface area contributed by atoms with E-state index in [0.29, 0.717) is 25.2 Å². The van der Waals surface area contributed by atoms with Gasteiger partial charge in [0, 0.05) is 6.61 Å². The lowest BCUT2D eigenvalue weighted by Gasteiger charge is -2.29. The smallest absolute Gasteiger partial charge is 0.308 e. The number of hydrogen-bond donors (Lipinski definition) is 0. The summed E-state index contributed by atoms with van der Waals surface area (Å²) in [6, 6.07) is 17.4. The molecule has 2 aromatic rings. The normalized spacial score (nSPS) is 18.5. The summed E-state index contributed by atoms with van der Waals surface area (Å²) < 4.78 is 17.2. The molecule has 36 heavy (non-hydrogen) atoms. The van der Waals surface area contributed by atoms with E-state index in [0.717, 1.165) is 31.6 Å². The molecule has 0 aliphatic heterocycles. The Kier molecular flexibility index (Phi) is 12.3. The van der Waals surface area contributed by atoms with Crippen molar-refractivity contribution >= 4 is 5.97 Å². The van der Waals surface area contributed by atoms with Crippen LogP contribution in [-0.4, -0.2) is 31.9 Å². The number of ether oxygens (including phenoxy) is 3. The van der Waals surface area contributed by atoms with Gasteiger partial charge in [-0.3, -0.25) is 4.79 Å². The molecule has 0 heterocycles. The van der Waals surface area contributed by atoms with Crippen molar-refractivity contribution in [1.29, 1.82) is 0 Å². The number of unbranched alkanes of at least 4 members (excludes halogenated alkanes) is 3. The Labute approximate surface area is 218 Å². The van der Waals surface area contributed by atoms with Crippen molar-refractivity contribution in [3.05, 3.63) is 54.1 Å². The maximum absolute atomic E-state index is 11.7. The molecular formula is C32H46O4. The summed E-state index contributed by atoms with van der Waals surface area (Å²) in [5.41, 5.74) is 3.90. The summed E-state index contributed by atoms with van der Waals surface area (Å²) in [4.78, 5) is 11.7. The quantitative estimate of drug-likeness (QED) is 0.184. The van der Waals surface area contributed by atoms with Crippen molar-refractivity contribution in [2.75, 3.05) is 19.8 Å². The fourth-order valence-corrected chi connectivity index (χ4v) is 4.73. The summed E-state index contributed by atoms with van der Waals surface area (Å²) in [5, 5.41) is 0. The molecule has 1 saturated carbocycles. The second kappa shape index (κ2) is 15.7. The largest absolute Gasteiger partial charge is 0.494 e. The number of benzene rings is 2. The fourth-order valence-electron chi connectivity index (χ4n) is 4.73. The summed E-state index contributed by atoms with van der Waals surface area (Å²) >= 11 is 0. The fraction of sp³-hybridized carbons (Fsp3) is 0.594. The predicted molar refractivity (Wildman–Crippen MR) is 147 cm³/mol. The van der Waals surface area contributed by atoms with Crippen LogP contribution in [0.4, 0.5) is 0 Å². The number of hydrogen-bond acceptors (Lipinski definition) is 4. The van der Waals surface area contributed by atoms with Crippen LogP contribution < -0.4 is 4.74 Å². The number of esters is 1. The van der Waals surface area contributed by atoms with Crippen molar-refractivity contribution in [3.8, 4) is 16.9 Å². The highest BCUT2D eigenvalue weighted by molar-refractivity contribution is 5.71. The minimum absolute atomic E-state index is 0.0176. The Morgan fingerprint density at radius 3 is 2.06 bits per heavy atom. The van der Waals surface area contributed by atoms with Crippen LogP contribution in [0.5, 0.6) is 5.75 Å². The first-order chi connectivity index (χ1) is 17.6. The Morgan fingerprint density at radius 1 is 0.806 bits per heavy atom. The topological polar surface area (TPSA) is 44.8 Å². The predicted octanol–water partition coefficient (Wildman–Crippen LogP) is 8.33. The molecule has 2 aromatic carbocycles. The Balaban J connectivity index is 1.36. The van der Waals surface area contributed by atoms with E-state index in [1.165, 1.54) is 61.6 Å². The number of carbonyl (C=O) groups is 1. The van der Waals surface area contributed by atoms with E-state index >= 15 is 0 Å². The van der Waals surface area contributed by atoms with Crippen molar-refractivity contribution in [1.82, 2.24) is 0 Å². The molecule has 198 valence electrons. The lowest BCUT2D eigenvalue weighted by Crippen LogP contribution is -2.21. The first kappa shape index (κ1) is 28.2. The van der Waals surface area contributed by atoms with E-state index in [2.05, 4.69) is 43.3 Å². The van der Waals surface area contributed by atoms with Crippen LogP contribution in [0.15, 0.2) is 48.5 Å². The minimum Gasteiger partial charge on any atom is -0.494 e. The van der Waals surface area contributed by atoms with Crippen molar-refractivity contribution in [2.45, 2.75) is 97.0 Å². The van der Waals surface area contributed by atoms with E-state index in [1.54, 1.807) is 0 Å². The van der Waals surface area contributed by atoms with Gasteiger partial charge in [-0.1, -0.05) is 70.0 Å². The minimum atomic E-state index is -0.0998. The van der Waals surface area contributed by atoms with E-state index in [1.807, 2.05) is 26.0 Å². The van der Waals surface area contributed by atoms with Gasteiger partial charge in [-0.2, -0.15) is 0 Å². The molecule has 1 fully saturated rings. The maximum Gasteiger partial charge on any atom is 0.308 e. The highest BCUT2D eigenvalue weighted by atomic mass is 16.5. The molecule has 0 aromatic heterocycles. The van der Waals surface area contributed by atoms with Gasteiger partial charge in [0.05, 0.1) is 25.2 Å². The maximum atomic E-state index is 11.7. The van der Waals surface area contributed by atoms with Crippen LogP contribution in [0.1, 0.15) is 96.5 Å². The van der Waals surface area contributed by atoms with Crippen molar-refractivity contribution in [2.24, 2.45) is 5.92 Å². The summed E-state index contributed by atoms with van der Waals surface area (Å²) in [7, 11) is 0. The van der Waals surface area contributed by atoms with Gasteiger partial charge in [0.15, 0.2) is 0 Å². The third kappa shape index (κ3) is 9.28. The van der Waals surface area contributed by atoms with Gasteiger partial charge in [-0.15, -0.1) is 0 Å². The van der Waals surface area contributed by atoms with Gasteiger partial charge in [-0.05, 0) is 86.1 Å². The average Bonchev–Trinajstić information content (AvgIpc) is 2.93. The van der Waals surface area contributed by atoms with Gasteiger partial charge in [0.25, 0.3) is 0 Å². The SMILES string of the molecule is CCCCCOC1CCC(c2ccc(-c3ccc(OCCCCOC(=O)C(C)CC)cc3)cc2)CC1.